The molecular weight excluding hydrogens is 472 g/mol. The first-order chi connectivity index (χ1) is 17.7. The topological polar surface area (TPSA) is 96.4 Å². The number of esters is 1. The lowest BCUT2D eigenvalue weighted by atomic mass is 9.65. The Labute approximate surface area is 222 Å². The number of unbranched alkanes of at least 4 members (excludes halogenated alkanes) is 2. The van der Waals surface area contributed by atoms with Crippen molar-refractivity contribution in [2.75, 3.05) is 19.8 Å². The number of ether oxygens (including phenoxy) is 2. The molecule has 1 N–H and O–H groups in total. The number of nitrogens with zero attached hydrogens (tertiary/aromatic N) is 2. The second kappa shape index (κ2) is 12.1. The van der Waals surface area contributed by atoms with Crippen LogP contribution < -0.4 is 0 Å². The summed E-state index contributed by atoms with van der Waals surface area (Å²) in [6.45, 7) is 15.7. The van der Waals surface area contributed by atoms with Gasteiger partial charge in [0.2, 0.25) is 11.8 Å². The van der Waals surface area contributed by atoms with E-state index in [0.29, 0.717) is 25.8 Å². The summed E-state index contributed by atoms with van der Waals surface area (Å²) >= 11 is 0. The predicted molar refractivity (Wildman–Crippen MR) is 142 cm³/mol. The zero-order valence-electron chi connectivity index (χ0n) is 23.1. The van der Waals surface area contributed by atoms with E-state index < -0.39 is 41.1 Å². The molecule has 3 saturated heterocycles. The lowest BCUT2D eigenvalue weighted by Crippen LogP contribution is -2.59. The Kier molecular flexibility index (Phi) is 9.62. The molecule has 208 valence electrons. The number of likely N-dealkylation sites (tertiary alicyclic amines) is 1. The molecule has 8 heteroatoms. The van der Waals surface area contributed by atoms with Crippen LogP contribution >= 0.6 is 0 Å². The fourth-order valence-corrected chi connectivity index (χ4v) is 6.87. The minimum atomic E-state index is -1.12. The summed E-state index contributed by atoms with van der Waals surface area (Å²) in [5, 5.41) is 10.1. The molecule has 3 unspecified atom stereocenters. The summed E-state index contributed by atoms with van der Waals surface area (Å²) in [5.74, 6) is -2.51. The van der Waals surface area contributed by atoms with Crippen molar-refractivity contribution >= 4 is 17.8 Å². The minimum absolute atomic E-state index is 0.0533. The van der Waals surface area contributed by atoms with Crippen LogP contribution in [-0.4, -0.2) is 81.8 Å². The molecule has 2 bridgehead atoms. The van der Waals surface area contributed by atoms with Crippen LogP contribution in [0.2, 0.25) is 0 Å². The van der Waals surface area contributed by atoms with E-state index in [0.717, 1.165) is 32.1 Å². The van der Waals surface area contributed by atoms with Crippen molar-refractivity contribution in [3.8, 4) is 0 Å². The lowest BCUT2D eigenvalue weighted by Gasteiger charge is -2.40. The molecule has 3 rings (SSSR count). The summed E-state index contributed by atoms with van der Waals surface area (Å²) in [6, 6.07) is -1.56. The van der Waals surface area contributed by atoms with Crippen LogP contribution in [0.5, 0.6) is 0 Å². The monoisotopic (exact) mass is 518 g/mol. The molecule has 3 fully saturated rings. The van der Waals surface area contributed by atoms with Crippen LogP contribution in [0.3, 0.4) is 0 Å². The standard InChI is InChI=1S/C29H46N2O6/c1-7-11-12-13-18-36-27(35)23-22-25(33)31(21(6)19-32)24(29(22)16-15-28(23,10-4)37-29)26(34)30(17-9-3)20(5)14-8-2/h7,9,20-24,32H,1,3,8,10-19H2,2,4-6H3/t20?,21-,22+,23-,24?,28+,29?/m1/s1. The van der Waals surface area contributed by atoms with Crippen molar-refractivity contribution in [3.63, 3.8) is 0 Å². The highest BCUT2D eigenvalue weighted by atomic mass is 16.6. The van der Waals surface area contributed by atoms with Gasteiger partial charge in [0.1, 0.15) is 17.6 Å². The molecule has 0 radical (unpaired) electrons. The fourth-order valence-electron chi connectivity index (χ4n) is 6.87. The zero-order valence-corrected chi connectivity index (χ0v) is 23.1. The molecule has 1 spiro atoms. The highest BCUT2D eigenvalue weighted by molar-refractivity contribution is 5.98. The van der Waals surface area contributed by atoms with Crippen molar-refractivity contribution in [2.45, 2.75) is 108 Å². The van der Waals surface area contributed by atoms with Crippen LogP contribution in [0.25, 0.3) is 0 Å². The number of hydrogen-bond donors (Lipinski definition) is 1. The third-order valence-electron chi connectivity index (χ3n) is 8.74. The van der Waals surface area contributed by atoms with Gasteiger partial charge in [-0.3, -0.25) is 14.4 Å². The highest BCUT2D eigenvalue weighted by Gasteiger charge is 2.79. The van der Waals surface area contributed by atoms with Crippen molar-refractivity contribution < 1.29 is 29.0 Å². The maximum Gasteiger partial charge on any atom is 0.312 e. The van der Waals surface area contributed by atoms with Crippen molar-refractivity contribution in [1.82, 2.24) is 9.80 Å². The molecular formula is C29H46N2O6. The minimum Gasteiger partial charge on any atom is -0.465 e. The average Bonchev–Trinajstić information content (AvgIpc) is 3.50. The first-order valence-electron chi connectivity index (χ1n) is 14.0. The maximum absolute atomic E-state index is 14.3. The Morgan fingerprint density at radius 2 is 1.97 bits per heavy atom. The van der Waals surface area contributed by atoms with Crippen molar-refractivity contribution in [3.05, 3.63) is 25.3 Å². The number of carbonyl (C=O) groups excluding carboxylic acids is 3. The molecule has 3 aliphatic rings. The Balaban J connectivity index is 2.01. The maximum atomic E-state index is 14.3. The number of fused-ring (bicyclic) bond motifs is 1. The van der Waals surface area contributed by atoms with Gasteiger partial charge in [0, 0.05) is 12.6 Å². The third kappa shape index (κ3) is 4.99. The molecule has 0 aliphatic carbocycles. The van der Waals surface area contributed by atoms with E-state index in [2.05, 4.69) is 20.1 Å². The van der Waals surface area contributed by atoms with E-state index in [1.54, 1.807) is 17.9 Å². The smallest absolute Gasteiger partial charge is 0.312 e. The van der Waals surface area contributed by atoms with Gasteiger partial charge in [-0.05, 0) is 58.8 Å². The van der Waals surface area contributed by atoms with Crippen LogP contribution in [0.15, 0.2) is 25.3 Å². The second-order valence-electron chi connectivity index (χ2n) is 11.0. The zero-order chi connectivity index (χ0) is 27.4. The van der Waals surface area contributed by atoms with Crippen LogP contribution in [0, 0.1) is 11.8 Å². The molecule has 7 atom stereocenters. The van der Waals surface area contributed by atoms with Crippen molar-refractivity contribution in [2.24, 2.45) is 11.8 Å². The Morgan fingerprint density at radius 3 is 2.57 bits per heavy atom. The average molecular weight is 519 g/mol. The van der Waals surface area contributed by atoms with Gasteiger partial charge < -0.3 is 24.4 Å². The summed E-state index contributed by atoms with van der Waals surface area (Å²) in [6.07, 6.45) is 9.34. The SMILES string of the molecule is C=CCCCCOC(=O)[C@H]1[C@H]2C(=O)N([C@H](C)CO)C(C(=O)N(CC=C)C(C)CCC)C23CC[C@]1(CC)O3. The predicted octanol–water partition coefficient (Wildman–Crippen LogP) is 3.62. The van der Waals surface area contributed by atoms with Gasteiger partial charge in [0.15, 0.2) is 0 Å². The summed E-state index contributed by atoms with van der Waals surface area (Å²) in [4.78, 5) is 45.2. The van der Waals surface area contributed by atoms with Gasteiger partial charge in [-0.25, -0.2) is 0 Å². The van der Waals surface area contributed by atoms with E-state index in [9.17, 15) is 19.5 Å². The molecule has 0 aromatic carbocycles. The van der Waals surface area contributed by atoms with Gasteiger partial charge in [-0.15, -0.1) is 13.2 Å². The molecule has 0 saturated carbocycles. The molecule has 8 nitrogen and oxygen atoms in total. The largest absolute Gasteiger partial charge is 0.465 e. The summed E-state index contributed by atoms with van der Waals surface area (Å²) in [5.41, 5.74) is -1.95. The van der Waals surface area contributed by atoms with E-state index in [-0.39, 0.29) is 31.1 Å². The number of amides is 2. The van der Waals surface area contributed by atoms with Gasteiger partial charge in [0.05, 0.1) is 30.8 Å². The van der Waals surface area contributed by atoms with Crippen molar-refractivity contribution in [1.29, 1.82) is 0 Å². The number of allylic oxidation sites excluding steroid dienone is 1. The normalized spacial score (nSPS) is 31.6. The van der Waals surface area contributed by atoms with E-state index >= 15 is 0 Å². The van der Waals surface area contributed by atoms with Crippen LogP contribution in [0.4, 0.5) is 0 Å². The van der Waals surface area contributed by atoms with E-state index in [4.69, 9.17) is 9.47 Å². The van der Waals surface area contributed by atoms with Gasteiger partial charge in [-0.1, -0.05) is 32.4 Å². The van der Waals surface area contributed by atoms with Gasteiger partial charge in [-0.2, -0.15) is 0 Å². The number of carbonyl (C=O) groups is 3. The summed E-state index contributed by atoms with van der Waals surface area (Å²) < 4.78 is 12.5. The Morgan fingerprint density at radius 1 is 1.24 bits per heavy atom. The second-order valence-corrected chi connectivity index (χ2v) is 11.0. The van der Waals surface area contributed by atoms with Gasteiger partial charge in [0.25, 0.3) is 0 Å². The number of aliphatic hydroxyl groups is 1. The number of aliphatic hydroxyl groups excluding tert-OH is 1. The lowest BCUT2D eigenvalue weighted by molar-refractivity contribution is -0.163. The summed E-state index contributed by atoms with van der Waals surface area (Å²) in [7, 11) is 0. The number of rotatable bonds is 15. The molecule has 0 aromatic heterocycles. The van der Waals surface area contributed by atoms with Gasteiger partial charge >= 0.3 is 5.97 Å². The third-order valence-corrected chi connectivity index (χ3v) is 8.74. The fraction of sp³-hybridized carbons (Fsp3) is 0.759. The highest BCUT2D eigenvalue weighted by Crippen LogP contribution is 2.64. The molecule has 0 aromatic rings. The molecule has 3 aliphatic heterocycles. The first kappa shape index (κ1) is 29.4. The quantitative estimate of drug-likeness (QED) is 0.202. The van der Waals surface area contributed by atoms with E-state index in [1.165, 1.54) is 4.90 Å². The number of hydrogen-bond acceptors (Lipinski definition) is 6. The van der Waals surface area contributed by atoms with Crippen LogP contribution in [-0.2, 0) is 23.9 Å². The van der Waals surface area contributed by atoms with Crippen LogP contribution in [0.1, 0.15) is 79.1 Å². The molecule has 37 heavy (non-hydrogen) atoms. The first-order valence-corrected chi connectivity index (χ1v) is 14.0. The Bertz CT molecular complexity index is 876. The van der Waals surface area contributed by atoms with E-state index in [1.807, 2.05) is 19.9 Å². The molecule has 2 amide bonds. The Hall–Kier alpha value is -2.19. The molecule has 3 heterocycles.